The summed E-state index contributed by atoms with van der Waals surface area (Å²) < 4.78 is 0. The van der Waals surface area contributed by atoms with Crippen LogP contribution in [0.3, 0.4) is 0 Å². The van der Waals surface area contributed by atoms with Gasteiger partial charge in [-0.3, -0.25) is 0 Å². The predicted molar refractivity (Wildman–Crippen MR) is 76.2 cm³/mol. The second-order valence-corrected chi connectivity index (χ2v) is 5.18. The lowest BCUT2D eigenvalue weighted by Gasteiger charge is -2.36. The maximum atomic E-state index is 5.86. The van der Waals surface area contributed by atoms with Gasteiger partial charge in [-0.25, -0.2) is 4.98 Å². The average Bonchev–Trinajstić information content (AvgIpc) is 2.46. The molecule has 3 rings (SSSR count). The predicted octanol–water partition coefficient (Wildman–Crippen LogP) is -0.154. The summed E-state index contributed by atoms with van der Waals surface area (Å²) in [6.07, 6.45) is 0.948. The summed E-state index contributed by atoms with van der Waals surface area (Å²) in [5.41, 5.74) is 8.23. The van der Waals surface area contributed by atoms with Crippen LogP contribution in [0, 0.1) is 0 Å². The molecule has 1 fully saturated rings. The van der Waals surface area contributed by atoms with Crippen LogP contribution in [0.5, 0.6) is 0 Å². The Labute approximate surface area is 114 Å². The highest BCUT2D eigenvalue weighted by atomic mass is 15.3. The molecule has 0 unspecified atom stereocenters. The number of nitrogen functional groups attached to an aromatic ring is 1. The minimum atomic E-state index is 0.411. The number of nitrogens with two attached hydrogens (primary N) is 1. The van der Waals surface area contributed by atoms with Gasteiger partial charge >= 0.3 is 0 Å². The summed E-state index contributed by atoms with van der Waals surface area (Å²) in [4.78, 5) is 13.7. The molecule has 0 aromatic carbocycles. The summed E-state index contributed by atoms with van der Waals surface area (Å²) in [6.45, 7) is 9.42. The lowest BCUT2D eigenvalue weighted by atomic mass is 10.1. The topological polar surface area (TPSA) is 70.3 Å². The number of fused-ring (bicyclic) bond motifs is 1. The van der Waals surface area contributed by atoms with Crippen LogP contribution in [-0.4, -0.2) is 54.1 Å². The summed E-state index contributed by atoms with van der Waals surface area (Å²) in [6, 6.07) is 0. The van der Waals surface area contributed by atoms with Crippen molar-refractivity contribution in [3.05, 3.63) is 11.3 Å². The molecule has 0 saturated carbocycles. The molecule has 6 nitrogen and oxygen atoms in total. The second-order valence-electron chi connectivity index (χ2n) is 5.18. The standard InChI is InChI=1S/C13H22N6/c1-2-18-5-7-19(8-6-18)12-10-9-15-4-3-11(10)16-13(14)17-12/h15H,2-9H2,1H3,(H2,14,16,17). The number of piperazine rings is 1. The third-order valence-corrected chi connectivity index (χ3v) is 4.05. The smallest absolute Gasteiger partial charge is 0.222 e. The van der Waals surface area contributed by atoms with E-state index >= 15 is 0 Å². The van der Waals surface area contributed by atoms with Gasteiger partial charge in [0.25, 0.3) is 0 Å². The van der Waals surface area contributed by atoms with Crippen molar-refractivity contribution < 1.29 is 0 Å². The number of hydrogen-bond donors (Lipinski definition) is 2. The van der Waals surface area contributed by atoms with E-state index in [4.69, 9.17) is 5.73 Å². The summed E-state index contributed by atoms with van der Waals surface area (Å²) in [5, 5.41) is 3.40. The molecule has 0 spiro atoms. The van der Waals surface area contributed by atoms with Crippen molar-refractivity contribution in [1.82, 2.24) is 20.2 Å². The molecule has 3 N–H and O–H groups in total. The van der Waals surface area contributed by atoms with E-state index < -0.39 is 0 Å². The number of rotatable bonds is 2. The fraction of sp³-hybridized carbons (Fsp3) is 0.692. The zero-order valence-corrected chi connectivity index (χ0v) is 11.5. The number of aromatic nitrogens is 2. The lowest BCUT2D eigenvalue weighted by molar-refractivity contribution is 0.270. The van der Waals surface area contributed by atoms with E-state index in [-0.39, 0.29) is 0 Å². The molecule has 19 heavy (non-hydrogen) atoms. The molecule has 1 aromatic heterocycles. The molecule has 6 heteroatoms. The van der Waals surface area contributed by atoms with E-state index in [1.807, 2.05) is 0 Å². The van der Waals surface area contributed by atoms with Crippen LogP contribution in [0.2, 0.25) is 0 Å². The van der Waals surface area contributed by atoms with Gasteiger partial charge in [0.2, 0.25) is 5.95 Å². The molecule has 0 atom stereocenters. The number of nitrogens with zero attached hydrogens (tertiary/aromatic N) is 4. The molecular weight excluding hydrogens is 240 g/mol. The summed E-state index contributed by atoms with van der Waals surface area (Å²) in [5.74, 6) is 1.46. The molecule has 1 aromatic rings. The number of anilines is 2. The number of likely N-dealkylation sites (N-methyl/N-ethyl adjacent to an activating group) is 1. The first-order valence-electron chi connectivity index (χ1n) is 7.11. The Morgan fingerprint density at radius 3 is 2.74 bits per heavy atom. The van der Waals surface area contributed by atoms with Crippen molar-refractivity contribution in [2.45, 2.75) is 19.9 Å². The van der Waals surface area contributed by atoms with Gasteiger partial charge in [-0.15, -0.1) is 0 Å². The lowest BCUT2D eigenvalue weighted by Crippen LogP contribution is -2.47. The minimum absolute atomic E-state index is 0.411. The van der Waals surface area contributed by atoms with Gasteiger partial charge in [0.15, 0.2) is 0 Å². The highest BCUT2D eigenvalue weighted by molar-refractivity contribution is 5.53. The van der Waals surface area contributed by atoms with Crippen molar-refractivity contribution >= 4 is 11.8 Å². The normalized spacial score (nSPS) is 20.4. The van der Waals surface area contributed by atoms with Crippen molar-refractivity contribution in [1.29, 1.82) is 0 Å². The van der Waals surface area contributed by atoms with Gasteiger partial charge in [0.05, 0.1) is 5.69 Å². The third kappa shape index (κ3) is 2.50. The molecule has 2 aliphatic heterocycles. The first kappa shape index (κ1) is 12.6. The Kier molecular flexibility index (Phi) is 3.52. The molecule has 1 saturated heterocycles. The van der Waals surface area contributed by atoms with Crippen LogP contribution in [0.4, 0.5) is 11.8 Å². The first-order chi connectivity index (χ1) is 9.28. The maximum absolute atomic E-state index is 5.86. The van der Waals surface area contributed by atoms with E-state index in [1.165, 1.54) is 5.56 Å². The monoisotopic (exact) mass is 262 g/mol. The summed E-state index contributed by atoms with van der Waals surface area (Å²) >= 11 is 0. The van der Waals surface area contributed by atoms with Crippen molar-refractivity contribution in [3.63, 3.8) is 0 Å². The van der Waals surface area contributed by atoms with Crippen molar-refractivity contribution in [3.8, 4) is 0 Å². The van der Waals surface area contributed by atoms with Crippen LogP contribution in [0.1, 0.15) is 18.2 Å². The molecule has 2 aliphatic rings. The van der Waals surface area contributed by atoms with E-state index in [9.17, 15) is 0 Å². The fourth-order valence-electron chi connectivity index (χ4n) is 2.88. The highest BCUT2D eigenvalue weighted by Crippen LogP contribution is 2.25. The minimum Gasteiger partial charge on any atom is -0.368 e. The van der Waals surface area contributed by atoms with Crippen LogP contribution >= 0.6 is 0 Å². The zero-order valence-electron chi connectivity index (χ0n) is 11.5. The maximum Gasteiger partial charge on any atom is 0.222 e. The Morgan fingerprint density at radius 2 is 2.00 bits per heavy atom. The van der Waals surface area contributed by atoms with Crippen LogP contribution < -0.4 is 16.0 Å². The Bertz CT molecular complexity index is 453. The highest BCUT2D eigenvalue weighted by Gasteiger charge is 2.23. The van der Waals surface area contributed by atoms with Crippen LogP contribution in [0.25, 0.3) is 0 Å². The molecule has 104 valence electrons. The van der Waals surface area contributed by atoms with E-state index in [1.54, 1.807) is 0 Å². The molecule has 0 amide bonds. The SMILES string of the molecule is CCN1CCN(c2nc(N)nc3c2CNCC3)CC1. The third-order valence-electron chi connectivity index (χ3n) is 4.05. The second kappa shape index (κ2) is 5.30. The number of nitrogens with one attached hydrogen (secondary N) is 1. The zero-order chi connectivity index (χ0) is 13.2. The van der Waals surface area contributed by atoms with Gasteiger partial charge in [0, 0.05) is 51.3 Å². The van der Waals surface area contributed by atoms with Crippen LogP contribution in [-0.2, 0) is 13.0 Å². The van der Waals surface area contributed by atoms with E-state index in [2.05, 4.69) is 32.0 Å². The average molecular weight is 262 g/mol. The number of hydrogen-bond acceptors (Lipinski definition) is 6. The van der Waals surface area contributed by atoms with Crippen molar-refractivity contribution in [2.75, 3.05) is 49.9 Å². The molecule has 0 bridgehead atoms. The van der Waals surface area contributed by atoms with Gasteiger partial charge in [-0.05, 0) is 6.54 Å². The Morgan fingerprint density at radius 1 is 1.21 bits per heavy atom. The van der Waals surface area contributed by atoms with Gasteiger partial charge in [0.1, 0.15) is 5.82 Å². The van der Waals surface area contributed by atoms with Gasteiger partial charge in [-0.2, -0.15) is 4.98 Å². The van der Waals surface area contributed by atoms with E-state index in [0.29, 0.717) is 5.95 Å². The quantitative estimate of drug-likeness (QED) is 0.772. The fourth-order valence-corrected chi connectivity index (χ4v) is 2.88. The molecule has 3 heterocycles. The van der Waals surface area contributed by atoms with Gasteiger partial charge in [-0.1, -0.05) is 6.92 Å². The molecular formula is C13H22N6. The van der Waals surface area contributed by atoms with Gasteiger partial charge < -0.3 is 20.9 Å². The molecule has 0 aliphatic carbocycles. The first-order valence-corrected chi connectivity index (χ1v) is 7.11. The van der Waals surface area contributed by atoms with Crippen molar-refractivity contribution in [2.24, 2.45) is 0 Å². The largest absolute Gasteiger partial charge is 0.368 e. The van der Waals surface area contributed by atoms with E-state index in [0.717, 1.165) is 63.7 Å². The Hall–Kier alpha value is -1.40. The van der Waals surface area contributed by atoms with Crippen LogP contribution in [0.15, 0.2) is 0 Å². The molecule has 0 radical (unpaired) electrons. The summed E-state index contributed by atoms with van der Waals surface area (Å²) in [7, 11) is 0. The Balaban J connectivity index is 1.86.